The van der Waals surface area contributed by atoms with Crippen LogP contribution in [-0.2, 0) is 4.79 Å². The molecule has 2 aromatic rings. The van der Waals surface area contributed by atoms with Crippen LogP contribution in [0.1, 0.15) is 11.3 Å². The third-order valence-corrected chi connectivity index (χ3v) is 2.52. The maximum absolute atomic E-state index is 11.7. The summed E-state index contributed by atoms with van der Waals surface area (Å²) < 4.78 is 5.41. The first-order valence-corrected chi connectivity index (χ1v) is 6.06. The molecule has 0 saturated heterocycles. The molecule has 0 radical (unpaired) electrons. The minimum absolute atomic E-state index is 0.0287. The summed E-state index contributed by atoms with van der Waals surface area (Å²) in [4.78, 5) is 15.9. The highest BCUT2D eigenvalue weighted by atomic mass is 16.5. The Morgan fingerprint density at radius 2 is 2.00 bits per heavy atom. The number of hydrogen-bond donors (Lipinski definition) is 1. The van der Waals surface area contributed by atoms with Crippen LogP contribution < -0.4 is 10.1 Å². The van der Waals surface area contributed by atoms with Crippen LogP contribution in [0, 0.1) is 13.8 Å². The van der Waals surface area contributed by atoms with Crippen LogP contribution in [0.4, 0.5) is 5.82 Å². The summed E-state index contributed by atoms with van der Waals surface area (Å²) in [6, 6.07) is 13.0. The van der Waals surface area contributed by atoms with E-state index in [1.807, 2.05) is 50.2 Å². The Kier molecular flexibility index (Phi) is 4.13. The van der Waals surface area contributed by atoms with Gasteiger partial charge in [-0.15, -0.1) is 0 Å². The van der Waals surface area contributed by atoms with E-state index in [1.165, 1.54) is 0 Å². The number of pyridine rings is 1. The summed E-state index contributed by atoms with van der Waals surface area (Å²) in [6.07, 6.45) is 0. The van der Waals surface area contributed by atoms with E-state index >= 15 is 0 Å². The van der Waals surface area contributed by atoms with Crippen LogP contribution >= 0.6 is 0 Å². The van der Waals surface area contributed by atoms with E-state index in [-0.39, 0.29) is 12.5 Å². The fraction of sp³-hybridized carbons (Fsp3) is 0.200. The number of carbonyl (C=O) groups is 1. The monoisotopic (exact) mass is 256 g/mol. The van der Waals surface area contributed by atoms with Crippen molar-refractivity contribution >= 4 is 11.7 Å². The van der Waals surface area contributed by atoms with Gasteiger partial charge in [0.25, 0.3) is 5.91 Å². The number of nitrogens with one attached hydrogen (secondary N) is 1. The summed E-state index contributed by atoms with van der Waals surface area (Å²) in [5.41, 5.74) is 1.95. The van der Waals surface area contributed by atoms with Crippen LogP contribution in [0.5, 0.6) is 5.75 Å². The first-order chi connectivity index (χ1) is 9.13. The highest BCUT2D eigenvalue weighted by Crippen LogP contribution is 2.12. The molecule has 0 aliphatic carbocycles. The van der Waals surface area contributed by atoms with Gasteiger partial charge in [0.05, 0.1) is 0 Å². The average Bonchev–Trinajstić information content (AvgIpc) is 2.36. The van der Waals surface area contributed by atoms with Crippen molar-refractivity contribution in [1.82, 2.24) is 4.98 Å². The van der Waals surface area contributed by atoms with Crippen LogP contribution in [0.15, 0.2) is 42.5 Å². The van der Waals surface area contributed by atoms with E-state index in [2.05, 4.69) is 10.3 Å². The van der Waals surface area contributed by atoms with Crippen LogP contribution in [0.3, 0.4) is 0 Å². The Morgan fingerprint density at radius 3 is 2.74 bits per heavy atom. The Morgan fingerprint density at radius 1 is 1.21 bits per heavy atom. The van der Waals surface area contributed by atoms with Crippen molar-refractivity contribution in [3.05, 3.63) is 53.7 Å². The first-order valence-electron chi connectivity index (χ1n) is 6.06. The number of ether oxygens (including phenoxy) is 1. The summed E-state index contributed by atoms with van der Waals surface area (Å²) in [5.74, 6) is 1.00. The van der Waals surface area contributed by atoms with E-state index in [4.69, 9.17) is 4.74 Å². The van der Waals surface area contributed by atoms with Crippen LogP contribution in [0.25, 0.3) is 0 Å². The lowest BCUT2D eigenvalue weighted by Gasteiger charge is -2.07. The minimum Gasteiger partial charge on any atom is -0.484 e. The van der Waals surface area contributed by atoms with Crippen molar-refractivity contribution in [1.29, 1.82) is 0 Å². The lowest BCUT2D eigenvalue weighted by molar-refractivity contribution is -0.118. The molecule has 1 heterocycles. The summed E-state index contributed by atoms with van der Waals surface area (Å²) >= 11 is 0. The second-order valence-electron chi connectivity index (χ2n) is 4.32. The van der Waals surface area contributed by atoms with Gasteiger partial charge < -0.3 is 10.1 Å². The van der Waals surface area contributed by atoms with E-state index < -0.39 is 0 Å². The molecule has 4 nitrogen and oxygen atoms in total. The highest BCUT2D eigenvalue weighted by Gasteiger charge is 2.04. The molecule has 0 spiro atoms. The van der Waals surface area contributed by atoms with Gasteiger partial charge in [-0.05, 0) is 43.7 Å². The van der Waals surface area contributed by atoms with Crippen LogP contribution in [-0.4, -0.2) is 17.5 Å². The molecule has 0 unspecified atom stereocenters. The number of aromatic nitrogens is 1. The molecule has 0 atom stereocenters. The number of benzene rings is 1. The van der Waals surface area contributed by atoms with Gasteiger partial charge in [-0.1, -0.05) is 18.2 Å². The number of nitrogens with zero attached hydrogens (tertiary/aromatic N) is 1. The van der Waals surface area contributed by atoms with Gasteiger partial charge >= 0.3 is 0 Å². The molecule has 0 saturated carbocycles. The van der Waals surface area contributed by atoms with Crippen molar-refractivity contribution in [2.24, 2.45) is 0 Å². The van der Waals surface area contributed by atoms with E-state index in [9.17, 15) is 4.79 Å². The first kappa shape index (κ1) is 13.1. The molecule has 1 amide bonds. The smallest absolute Gasteiger partial charge is 0.263 e. The second-order valence-corrected chi connectivity index (χ2v) is 4.32. The molecule has 1 aromatic carbocycles. The second kappa shape index (κ2) is 6.00. The van der Waals surface area contributed by atoms with Gasteiger partial charge in [-0.3, -0.25) is 4.79 Å². The molecule has 2 rings (SSSR count). The normalized spacial score (nSPS) is 10.0. The zero-order valence-electron chi connectivity index (χ0n) is 11.0. The van der Waals surface area contributed by atoms with Gasteiger partial charge in [-0.25, -0.2) is 4.98 Å². The van der Waals surface area contributed by atoms with E-state index in [0.29, 0.717) is 11.6 Å². The largest absolute Gasteiger partial charge is 0.484 e. The Labute approximate surface area is 112 Å². The van der Waals surface area contributed by atoms with Crippen molar-refractivity contribution in [2.75, 3.05) is 11.9 Å². The quantitative estimate of drug-likeness (QED) is 0.915. The van der Waals surface area contributed by atoms with Crippen molar-refractivity contribution in [3.63, 3.8) is 0 Å². The number of amides is 1. The lowest BCUT2D eigenvalue weighted by Crippen LogP contribution is -2.20. The minimum atomic E-state index is -0.223. The summed E-state index contributed by atoms with van der Waals surface area (Å²) in [7, 11) is 0. The third-order valence-electron chi connectivity index (χ3n) is 2.52. The summed E-state index contributed by atoms with van der Waals surface area (Å²) in [6.45, 7) is 3.82. The summed E-state index contributed by atoms with van der Waals surface area (Å²) in [5, 5.41) is 2.69. The van der Waals surface area contributed by atoms with Gasteiger partial charge in [-0.2, -0.15) is 0 Å². The van der Waals surface area contributed by atoms with Crippen molar-refractivity contribution in [2.45, 2.75) is 13.8 Å². The molecule has 0 aliphatic heterocycles. The molecule has 19 heavy (non-hydrogen) atoms. The number of anilines is 1. The predicted octanol–water partition coefficient (Wildman–Crippen LogP) is 2.72. The fourth-order valence-electron chi connectivity index (χ4n) is 1.65. The maximum Gasteiger partial charge on any atom is 0.263 e. The molecule has 0 bridgehead atoms. The Bertz CT molecular complexity index is 582. The number of aryl methyl sites for hydroxylation is 2. The molecular formula is C15H16N2O2. The van der Waals surface area contributed by atoms with E-state index in [0.717, 1.165) is 11.3 Å². The molecule has 1 N–H and O–H groups in total. The Balaban J connectivity index is 1.88. The zero-order chi connectivity index (χ0) is 13.7. The fourth-order valence-corrected chi connectivity index (χ4v) is 1.65. The van der Waals surface area contributed by atoms with E-state index in [1.54, 1.807) is 6.07 Å². The van der Waals surface area contributed by atoms with Crippen molar-refractivity contribution in [3.8, 4) is 5.75 Å². The number of hydrogen-bond acceptors (Lipinski definition) is 3. The van der Waals surface area contributed by atoms with Gasteiger partial charge in [0.15, 0.2) is 6.61 Å². The maximum atomic E-state index is 11.7. The topological polar surface area (TPSA) is 51.2 Å². The van der Waals surface area contributed by atoms with Gasteiger partial charge in [0.2, 0.25) is 0 Å². The number of rotatable bonds is 4. The van der Waals surface area contributed by atoms with Crippen LogP contribution in [0.2, 0.25) is 0 Å². The predicted molar refractivity (Wildman–Crippen MR) is 74.3 cm³/mol. The van der Waals surface area contributed by atoms with Crippen molar-refractivity contribution < 1.29 is 9.53 Å². The standard InChI is InChI=1S/C15H16N2O2/c1-11-5-3-7-13(9-11)19-10-15(18)17-14-8-4-6-12(2)16-14/h3-9H,10H2,1-2H3,(H,16,17,18). The van der Waals surface area contributed by atoms with Gasteiger partial charge in [0.1, 0.15) is 11.6 Å². The average molecular weight is 256 g/mol. The highest BCUT2D eigenvalue weighted by molar-refractivity contribution is 5.90. The number of carbonyl (C=O) groups excluding carboxylic acids is 1. The molecule has 0 aliphatic rings. The molecule has 98 valence electrons. The third kappa shape index (κ3) is 4.10. The SMILES string of the molecule is Cc1cccc(OCC(=O)Nc2cccc(C)n2)c1. The van der Waals surface area contributed by atoms with Gasteiger partial charge in [0, 0.05) is 5.69 Å². The lowest BCUT2D eigenvalue weighted by atomic mass is 10.2. The Hall–Kier alpha value is -2.36. The zero-order valence-corrected chi connectivity index (χ0v) is 11.0. The molecular weight excluding hydrogens is 240 g/mol. The molecule has 4 heteroatoms. The molecule has 1 aromatic heterocycles. The molecule has 0 fully saturated rings.